The average Bonchev–Trinajstić information content (AvgIpc) is 3.27. The SMILES string of the molecule is Cc1ccc(C2=Cc3c(ccc(C)c3-c3ccc4ccccc4c3)C2)o1. The van der Waals surface area contributed by atoms with Crippen LogP contribution in [0.5, 0.6) is 0 Å². The quantitative estimate of drug-likeness (QED) is 0.392. The van der Waals surface area contributed by atoms with Gasteiger partial charge in [0.2, 0.25) is 0 Å². The van der Waals surface area contributed by atoms with Crippen molar-refractivity contribution in [2.45, 2.75) is 20.3 Å². The second-order valence-electron chi connectivity index (χ2n) is 7.15. The molecule has 0 spiro atoms. The van der Waals surface area contributed by atoms with Crippen LogP contribution in [0.1, 0.15) is 28.2 Å². The van der Waals surface area contributed by atoms with Crippen molar-refractivity contribution in [1.82, 2.24) is 0 Å². The van der Waals surface area contributed by atoms with Gasteiger partial charge in [-0.05, 0) is 82.3 Å². The molecule has 1 aromatic heterocycles. The van der Waals surface area contributed by atoms with E-state index < -0.39 is 0 Å². The van der Waals surface area contributed by atoms with Crippen molar-refractivity contribution in [2.75, 3.05) is 0 Å². The van der Waals surface area contributed by atoms with Gasteiger partial charge in [-0.2, -0.15) is 0 Å². The summed E-state index contributed by atoms with van der Waals surface area (Å²) in [6.45, 7) is 4.20. The zero-order chi connectivity index (χ0) is 17.7. The molecule has 1 heteroatoms. The summed E-state index contributed by atoms with van der Waals surface area (Å²) in [5.74, 6) is 1.95. The maximum atomic E-state index is 5.86. The number of aryl methyl sites for hydroxylation is 2. The molecule has 4 aromatic rings. The zero-order valence-electron chi connectivity index (χ0n) is 15.0. The Balaban J connectivity index is 1.68. The highest BCUT2D eigenvalue weighted by molar-refractivity contribution is 5.96. The van der Waals surface area contributed by atoms with Gasteiger partial charge >= 0.3 is 0 Å². The number of rotatable bonds is 2. The molecule has 1 aliphatic rings. The molecule has 3 aromatic carbocycles. The number of hydrogen-bond acceptors (Lipinski definition) is 1. The van der Waals surface area contributed by atoms with E-state index in [4.69, 9.17) is 4.42 Å². The van der Waals surface area contributed by atoms with Crippen LogP contribution in [0.25, 0.3) is 33.5 Å². The molecule has 0 atom stereocenters. The van der Waals surface area contributed by atoms with Crippen LogP contribution in [0, 0.1) is 13.8 Å². The van der Waals surface area contributed by atoms with Crippen LogP contribution >= 0.6 is 0 Å². The first-order valence-electron chi connectivity index (χ1n) is 9.08. The van der Waals surface area contributed by atoms with E-state index in [2.05, 4.69) is 73.7 Å². The summed E-state index contributed by atoms with van der Waals surface area (Å²) in [5, 5.41) is 2.56. The van der Waals surface area contributed by atoms with E-state index >= 15 is 0 Å². The van der Waals surface area contributed by atoms with E-state index in [1.165, 1.54) is 44.2 Å². The highest BCUT2D eigenvalue weighted by atomic mass is 16.3. The lowest BCUT2D eigenvalue weighted by molar-refractivity contribution is 0.521. The van der Waals surface area contributed by atoms with Crippen molar-refractivity contribution < 1.29 is 4.42 Å². The summed E-state index contributed by atoms with van der Waals surface area (Å²) in [4.78, 5) is 0. The first-order valence-corrected chi connectivity index (χ1v) is 9.08. The standard InChI is InChI=1S/C25H20O/c1-16-7-9-20-14-22(24-12-8-17(2)26-24)15-23(20)25(16)21-11-10-18-5-3-4-6-19(18)13-21/h3-13,15H,14H2,1-2H3. The lowest BCUT2D eigenvalue weighted by Gasteiger charge is -2.12. The third-order valence-electron chi connectivity index (χ3n) is 5.34. The smallest absolute Gasteiger partial charge is 0.130 e. The molecule has 1 nitrogen and oxygen atoms in total. The van der Waals surface area contributed by atoms with Crippen LogP contribution in [-0.4, -0.2) is 0 Å². The fraction of sp³-hybridized carbons (Fsp3) is 0.120. The molecule has 1 heterocycles. The third kappa shape index (κ3) is 2.40. The lowest BCUT2D eigenvalue weighted by atomic mass is 9.91. The van der Waals surface area contributed by atoms with E-state index in [1.54, 1.807) is 0 Å². The first-order chi connectivity index (χ1) is 12.7. The Labute approximate surface area is 153 Å². The summed E-state index contributed by atoms with van der Waals surface area (Å²) in [5.41, 5.74) is 7.91. The summed E-state index contributed by atoms with van der Waals surface area (Å²) in [6.07, 6.45) is 3.24. The number of fused-ring (bicyclic) bond motifs is 2. The van der Waals surface area contributed by atoms with Crippen LogP contribution < -0.4 is 0 Å². The molecule has 0 unspecified atom stereocenters. The molecule has 5 rings (SSSR count). The van der Waals surface area contributed by atoms with Gasteiger partial charge in [-0.1, -0.05) is 48.5 Å². The van der Waals surface area contributed by atoms with Crippen LogP contribution in [0.3, 0.4) is 0 Å². The molecule has 0 radical (unpaired) electrons. The van der Waals surface area contributed by atoms with Gasteiger partial charge in [-0.15, -0.1) is 0 Å². The summed E-state index contributed by atoms with van der Waals surface area (Å²) >= 11 is 0. The zero-order valence-corrected chi connectivity index (χ0v) is 15.0. The number of benzene rings is 3. The van der Waals surface area contributed by atoms with Crippen LogP contribution in [0.4, 0.5) is 0 Å². The minimum Gasteiger partial charge on any atom is -0.462 e. The van der Waals surface area contributed by atoms with Gasteiger partial charge in [0.05, 0.1) is 0 Å². The molecule has 126 valence electrons. The van der Waals surface area contributed by atoms with Gasteiger partial charge in [0.15, 0.2) is 0 Å². The number of hydrogen-bond donors (Lipinski definition) is 0. The van der Waals surface area contributed by atoms with E-state index in [9.17, 15) is 0 Å². The van der Waals surface area contributed by atoms with E-state index in [0.717, 1.165) is 17.9 Å². The number of furan rings is 1. The highest BCUT2D eigenvalue weighted by Gasteiger charge is 2.21. The minimum absolute atomic E-state index is 0.934. The molecular weight excluding hydrogens is 316 g/mol. The molecule has 0 fully saturated rings. The molecule has 0 saturated heterocycles. The molecule has 0 saturated carbocycles. The van der Waals surface area contributed by atoms with Gasteiger partial charge in [-0.25, -0.2) is 0 Å². The Hall–Kier alpha value is -3.06. The first kappa shape index (κ1) is 15.2. The van der Waals surface area contributed by atoms with Gasteiger partial charge in [0.1, 0.15) is 11.5 Å². The maximum absolute atomic E-state index is 5.86. The van der Waals surface area contributed by atoms with Gasteiger partial charge < -0.3 is 4.42 Å². The van der Waals surface area contributed by atoms with Gasteiger partial charge in [0, 0.05) is 6.42 Å². The third-order valence-corrected chi connectivity index (χ3v) is 5.34. The molecule has 0 amide bonds. The van der Waals surface area contributed by atoms with Crippen molar-refractivity contribution in [3.05, 3.63) is 94.9 Å². The molecule has 0 N–H and O–H groups in total. The molecule has 0 bridgehead atoms. The fourth-order valence-corrected chi connectivity index (χ4v) is 4.01. The Morgan fingerprint density at radius 2 is 1.65 bits per heavy atom. The Bertz CT molecular complexity index is 1170. The predicted molar refractivity (Wildman–Crippen MR) is 109 cm³/mol. The predicted octanol–water partition coefficient (Wildman–Crippen LogP) is 6.81. The Kier molecular flexibility index (Phi) is 3.36. The van der Waals surface area contributed by atoms with Crippen LogP contribution in [0.15, 0.2) is 71.1 Å². The normalized spacial score (nSPS) is 13.1. The molecule has 0 aliphatic heterocycles. The lowest BCUT2D eigenvalue weighted by Crippen LogP contribution is -1.91. The van der Waals surface area contributed by atoms with Gasteiger partial charge in [0.25, 0.3) is 0 Å². The highest BCUT2D eigenvalue weighted by Crippen LogP contribution is 2.40. The van der Waals surface area contributed by atoms with E-state index in [-0.39, 0.29) is 0 Å². The summed E-state index contributed by atoms with van der Waals surface area (Å²) in [6, 6.07) is 23.9. The van der Waals surface area contributed by atoms with E-state index in [1.807, 2.05) is 13.0 Å². The van der Waals surface area contributed by atoms with Crippen molar-refractivity contribution in [1.29, 1.82) is 0 Å². The van der Waals surface area contributed by atoms with E-state index in [0.29, 0.717) is 0 Å². The van der Waals surface area contributed by atoms with Crippen molar-refractivity contribution in [3.63, 3.8) is 0 Å². The second kappa shape index (κ2) is 5.74. The summed E-state index contributed by atoms with van der Waals surface area (Å²) < 4.78 is 5.86. The largest absolute Gasteiger partial charge is 0.462 e. The van der Waals surface area contributed by atoms with Crippen LogP contribution in [0.2, 0.25) is 0 Å². The Morgan fingerprint density at radius 1 is 0.808 bits per heavy atom. The minimum atomic E-state index is 0.934. The Morgan fingerprint density at radius 3 is 2.46 bits per heavy atom. The average molecular weight is 336 g/mol. The topological polar surface area (TPSA) is 13.1 Å². The van der Waals surface area contributed by atoms with Crippen molar-refractivity contribution in [3.8, 4) is 11.1 Å². The molecule has 1 aliphatic carbocycles. The maximum Gasteiger partial charge on any atom is 0.130 e. The van der Waals surface area contributed by atoms with Crippen molar-refractivity contribution in [2.24, 2.45) is 0 Å². The molecular formula is C25H20O. The second-order valence-corrected chi connectivity index (χ2v) is 7.15. The summed E-state index contributed by atoms with van der Waals surface area (Å²) in [7, 11) is 0. The van der Waals surface area contributed by atoms with Crippen LogP contribution in [-0.2, 0) is 6.42 Å². The number of allylic oxidation sites excluding steroid dienone is 1. The van der Waals surface area contributed by atoms with Crippen molar-refractivity contribution >= 4 is 22.4 Å². The molecule has 26 heavy (non-hydrogen) atoms. The fourth-order valence-electron chi connectivity index (χ4n) is 4.01. The van der Waals surface area contributed by atoms with Gasteiger partial charge in [-0.3, -0.25) is 0 Å². The monoisotopic (exact) mass is 336 g/mol.